The summed E-state index contributed by atoms with van der Waals surface area (Å²) in [4.78, 5) is 14.7. The van der Waals surface area contributed by atoms with Crippen LogP contribution >= 0.6 is 11.6 Å². The fourth-order valence-electron chi connectivity index (χ4n) is 3.30. The van der Waals surface area contributed by atoms with Gasteiger partial charge in [-0.25, -0.2) is 0 Å². The van der Waals surface area contributed by atoms with Crippen LogP contribution in [0.25, 0.3) is 0 Å². The summed E-state index contributed by atoms with van der Waals surface area (Å²) < 4.78 is 0. The number of hydrogen-bond acceptors (Lipinski definition) is 3. The Labute approximate surface area is 147 Å². The Balaban J connectivity index is 1.61. The molecule has 2 heterocycles. The molecule has 3 rings (SSSR count). The molecule has 1 amide bonds. The van der Waals surface area contributed by atoms with Crippen LogP contribution in [-0.2, 0) is 11.2 Å². The van der Waals surface area contributed by atoms with Gasteiger partial charge in [0.1, 0.15) is 0 Å². The smallest absolute Gasteiger partial charge is 0.224 e. The number of benzene rings is 1. The summed E-state index contributed by atoms with van der Waals surface area (Å²) in [5.41, 5.74) is 3.89. The summed E-state index contributed by atoms with van der Waals surface area (Å²) in [5, 5.41) is 11.0. The summed E-state index contributed by atoms with van der Waals surface area (Å²) in [5.74, 6) is 0.0496. The minimum atomic E-state index is 0.0496. The molecule has 128 valence electrons. The molecule has 0 bridgehead atoms. The van der Waals surface area contributed by atoms with Crippen LogP contribution in [0.15, 0.2) is 24.3 Å². The standard InChI is InChI=1S/C18H23ClN4O/c1-12-15(13(2)22-21-12)10-18(24)20-14-6-5-9-23(11-14)17-8-4-3-7-16(17)19/h3-4,7-8,14H,5-6,9-11H2,1-2H3,(H,20,24)(H,21,22)/t14-/m1/s1. The number of H-pyrrole nitrogens is 1. The quantitative estimate of drug-likeness (QED) is 0.894. The number of nitrogens with one attached hydrogen (secondary N) is 2. The number of nitrogens with zero attached hydrogens (tertiary/aromatic N) is 2. The van der Waals surface area contributed by atoms with Crippen LogP contribution in [-0.4, -0.2) is 35.2 Å². The van der Waals surface area contributed by atoms with Gasteiger partial charge in [0.25, 0.3) is 0 Å². The molecule has 1 aliphatic rings. The van der Waals surface area contributed by atoms with E-state index < -0.39 is 0 Å². The first-order valence-electron chi connectivity index (χ1n) is 8.34. The summed E-state index contributed by atoms with van der Waals surface area (Å²) in [6.45, 7) is 5.63. The van der Waals surface area contributed by atoms with Crippen molar-refractivity contribution < 1.29 is 4.79 Å². The molecule has 1 aliphatic heterocycles. The van der Waals surface area contributed by atoms with Crippen LogP contribution in [0.4, 0.5) is 5.69 Å². The molecule has 1 fully saturated rings. The van der Waals surface area contributed by atoms with E-state index in [0.29, 0.717) is 6.42 Å². The average Bonchev–Trinajstić information content (AvgIpc) is 2.87. The van der Waals surface area contributed by atoms with Crippen LogP contribution in [0.3, 0.4) is 0 Å². The van der Waals surface area contributed by atoms with E-state index in [2.05, 4.69) is 20.4 Å². The summed E-state index contributed by atoms with van der Waals surface area (Å²) in [6.07, 6.45) is 2.41. The molecule has 1 saturated heterocycles. The van der Waals surface area contributed by atoms with Crippen LogP contribution < -0.4 is 10.2 Å². The number of hydrogen-bond donors (Lipinski definition) is 2. The van der Waals surface area contributed by atoms with E-state index in [0.717, 1.165) is 53.6 Å². The van der Waals surface area contributed by atoms with Gasteiger partial charge in [-0.1, -0.05) is 23.7 Å². The van der Waals surface area contributed by atoms with Crippen molar-refractivity contribution in [2.45, 2.75) is 39.2 Å². The number of rotatable bonds is 4. The molecule has 1 aromatic heterocycles. The van der Waals surface area contributed by atoms with Crippen molar-refractivity contribution in [2.24, 2.45) is 0 Å². The second-order valence-electron chi connectivity index (χ2n) is 6.39. The van der Waals surface area contributed by atoms with Crippen molar-refractivity contribution in [2.75, 3.05) is 18.0 Å². The molecule has 5 nitrogen and oxygen atoms in total. The third kappa shape index (κ3) is 3.73. The van der Waals surface area contributed by atoms with Crippen molar-refractivity contribution in [3.63, 3.8) is 0 Å². The molecular weight excluding hydrogens is 324 g/mol. The lowest BCUT2D eigenvalue weighted by Crippen LogP contribution is -2.48. The average molecular weight is 347 g/mol. The Morgan fingerprint density at radius 1 is 1.42 bits per heavy atom. The van der Waals surface area contributed by atoms with Crippen LogP contribution in [0.5, 0.6) is 0 Å². The van der Waals surface area contributed by atoms with Crippen molar-refractivity contribution in [3.8, 4) is 0 Å². The molecule has 6 heteroatoms. The lowest BCUT2D eigenvalue weighted by molar-refractivity contribution is -0.121. The first-order chi connectivity index (χ1) is 11.5. The molecule has 0 spiro atoms. The SMILES string of the molecule is Cc1n[nH]c(C)c1CC(=O)N[C@@H]1CCCN(c2ccccc2Cl)C1. The number of carbonyl (C=O) groups is 1. The van der Waals surface area contributed by atoms with Gasteiger partial charge >= 0.3 is 0 Å². The van der Waals surface area contributed by atoms with Gasteiger partial charge in [0.2, 0.25) is 5.91 Å². The van der Waals surface area contributed by atoms with E-state index in [1.165, 1.54) is 0 Å². The third-order valence-corrected chi connectivity index (χ3v) is 4.92. The van der Waals surface area contributed by atoms with E-state index in [-0.39, 0.29) is 11.9 Å². The summed E-state index contributed by atoms with van der Waals surface area (Å²) in [7, 11) is 0. The van der Waals surface area contributed by atoms with Gasteiger partial charge in [0, 0.05) is 30.4 Å². The van der Waals surface area contributed by atoms with Crippen molar-refractivity contribution in [3.05, 3.63) is 46.2 Å². The molecule has 0 aliphatic carbocycles. The zero-order valence-electron chi connectivity index (χ0n) is 14.1. The number of aromatic amines is 1. The fourth-order valence-corrected chi connectivity index (χ4v) is 3.55. The number of halogens is 1. The van der Waals surface area contributed by atoms with Crippen LogP contribution in [0, 0.1) is 13.8 Å². The Hall–Kier alpha value is -2.01. The highest BCUT2D eigenvalue weighted by Crippen LogP contribution is 2.27. The number of aromatic nitrogens is 2. The maximum absolute atomic E-state index is 12.4. The zero-order chi connectivity index (χ0) is 17.1. The van der Waals surface area contributed by atoms with Gasteiger partial charge in [0.15, 0.2) is 0 Å². The second kappa shape index (κ2) is 7.26. The van der Waals surface area contributed by atoms with E-state index in [1.54, 1.807) is 0 Å². The lowest BCUT2D eigenvalue weighted by Gasteiger charge is -2.35. The van der Waals surface area contributed by atoms with E-state index in [4.69, 9.17) is 11.6 Å². The number of piperidine rings is 1. The highest BCUT2D eigenvalue weighted by molar-refractivity contribution is 6.33. The second-order valence-corrected chi connectivity index (χ2v) is 6.80. The van der Waals surface area contributed by atoms with Gasteiger partial charge in [0.05, 0.1) is 22.8 Å². The van der Waals surface area contributed by atoms with Gasteiger partial charge in [-0.3, -0.25) is 9.89 Å². The molecule has 24 heavy (non-hydrogen) atoms. The Bertz CT molecular complexity index is 708. The minimum absolute atomic E-state index is 0.0496. The third-order valence-electron chi connectivity index (χ3n) is 4.60. The van der Waals surface area contributed by atoms with Crippen molar-refractivity contribution >= 4 is 23.2 Å². The molecular formula is C18H23ClN4O. The summed E-state index contributed by atoms with van der Waals surface area (Å²) in [6, 6.07) is 8.02. The first-order valence-corrected chi connectivity index (χ1v) is 8.71. The van der Waals surface area contributed by atoms with Gasteiger partial charge in [-0.15, -0.1) is 0 Å². The molecule has 0 saturated carbocycles. The normalized spacial score (nSPS) is 17.8. The molecule has 2 N–H and O–H groups in total. The highest BCUT2D eigenvalue weighted by atomic mass is 35.5. The van der Waals surface area contributed by atoms with Gasteiger partial charge in [-0.05, 0) is 38.8 Å². The number of aryl methyl sites for hydroxylation is 2. The van der Waals surface area contributed by atoms with E-state index in [1.807, 2.05) is 38.1 Å². The number of carbonyl (C=O) groups excluding carboxylic acids is 1. The predicted octanol–water partition coefficient (Wildman–Crippen LogP) is 3.01. The maximum atomic E-state index is 12.4. The van der Waals surface area contributed by atoms with E-state index >= 15 is 0 Å². The molecule has 0 unspecified atom stereocenters. The Kier molecular flexibility index (Phi) is 5.09. The minimum Gasteiger partial charge on any atom is -0.368 e. The van der Waals surface area contributed by atoms with Crippen molar-refractivity contribution in [1.82, 2.24) is 15.5 Å². The lowest BCUT2D eigenvalue weighted by atomic mass is 10.0. The Morgan fingerprint density at radius 3 is 2.92 bits per heavy atom. The first kappa shape index (κ1) is 16.8. The highest BCUT2D eigenvalue weighted by Gasteiger charge is 2.23. The zero-order valence-corrected chi connectivity index (χ0v) is 14.9. The molecule has 2 aromatic rings. The predicted molar refractivity (Wildman–Crippen MR) is 96.6 cm³/mol. The molecule has 0 radical (unpaired) electrons. The van der Waals surface area contributed by atoms with Crippen molar-refractivity contribution in [1.29, 1.82) is 0 Å². The van der Waals surface area contributed by atoms with Crippen LogP contribution in [0.2, 0.25) is 5.02 Å². The number of amides is 1. The monoisotopic (exact) mass is 346 g/mol. The van der Waals surface area contributed by atoms with Gasteiger partial charge < -0.3 is 10.2 Å². The van der Waals surface area contributed by atoms with E-state index in [9.17, 15) is 4.79 Å². The maximum Gasteiger partial charge on any atom is 0.224 e. The Morgan fingerprint density at radius 2 is 2.21 bits per heavy atom. The van der Waals surface area contributed by atoms with Gasteiger partial charge in [-0.2, -0.15) is 5.10 Å². The largest absolute Gasteiger partial charge is 0.368 e. The number of anilines is 1. The topological polar surface area (TPSA) is 61.0 Å². The summed E-state index contributed by atoms with van der Waals surface area (Å²) >= 11 is 6.30. The molecule has 1 atom stereocenters. The van der Waals surface area contributed by atoms with Crippen LogP contribution in [0.1, 0.15) is 29.8 Å². The fraction of sp³-hybridized carbons (Fsp3) is 0.444. The molecule has 1 aromatic carbocycles. The number of para-hydroxylation sites is 1.